The molecule has 1 aromatic carbocycles. The largest absolute Gasteiger partial charge is 0.341 e. The lowest BCUT2D eigenvalue weighted by Crippen LogP contribution is -2.43. The fourth-order valence-corrected chi connectivity index (χ4v) is 3.82. The zero-order valence-corrected chi connectivity index (χ0v) is 17.7. The van der Waals surface area contributed by atoms with Crippen molar-refractivity contribution in [3.63, 3.8) is 0 Å². The first-order valence-electron chi connectivity index (χ1n) is 9.66. The minimum atomic E-state index is -0.165. The van der Waals surface area contributed by atoms with Crippen molar-refractivity contribution < 1.29 is 9.59 Å². The third-order valence-corrected chi connectivity index (χ3v) is 5.71. The summed E-state index contributed by atoms with van der Waals surface area (Å²) in [5.74, 6) is 0.193. The van der Waals surface area contributed by atoms with Crippen LogP contribution >= 0.6 is 15.9 Å². The molecule has 3 heterocycles. The SMILES string of the molecule is O=C(Nc1ccc(Br)cn1)C1CCN(C(=O)Cn2ncc(=O)c3ccccc32)CC1. The van der Waals surface area contributed by atoms with Crippen LogP contribution in [0.25, 0.3) is 10.9 Å². The van der Waals surface area contributed by atoms with E-state index in [2.05, 4.69) is 31.3 Å². The number of nitrogens with one attached hydrogen (secondary N) is 1. The van der Waals surface area contributed by atoms with E-state index in [1.807, 2.05) is 12.1 Å². The number of aromatic nitrogens is 3. The highest BCUT2D eigenvalue weighted by molar-refractivity contribution is 9.10. The van der Waals surface area contributed by atoms with Crippen LogP contribution < -0.4 is 10.7 Å². The second kappa shape index (κ2) is 8.74. The van der Waals surface area contributed by atoms with Gasteiger partial charge in [-0.3, -0.25) is 19.1 Å². The first-order valence-corrected chi connectivity index (χ1v) is 10.5. The molecule has 0 aliphatic carbocycles. The van der Waals surface area contributed by atoms with Gasteiger partial charge in [0, 0.05) is 35.1 Å². The summed E-state index contributed by atoms with van der Waals surface area (Å²) in [6, 6.07) is 10.7. The van der Waals surface area contributed by atoms with Crippen LogP contribution in [0.1, 0.15) is 12.8 Å². The second-order valence-corrected chi connectivity index (χ2v) is 8.11. The van der Waals surface area contributed by atoms with Gasteiger partial charge in [-0.05, 0) is 53.0 Å². The Kier molecular flexibility index (Phi) is 5.89. The van der Waals surface area contributed by atoms with Crippen molar-refractivity contribution in [1.82, 2.24) is 19.7 Å². The molecule has 0 unspecified atom stereocenters. The van der Waals surface area contributed by atoms with Crippen molar-refractivity contribution in [3.05, 3.63) is 63.5 Å². The van der Waals surface area contributed by atoms with Gasteiger partial charge in [-0.25, -0.2) is 4.98 Å². The lowest BCUT2D eigenvalue weighted by Gasteiger charge is -2.31. The quantitative estimate of drug-likeness (QED) is 0.632. The van der Waals surface area contributed by atoms with Gasteiger partial charge in [0.1, 0.15) is 12.4 Å². The Hall–Kier alpha value is -3.07. The van der Waals surface area contributed by atoms with E-state index in [-0.39, 0.29) is 29.7 Å². The standard InChI is InChI=1S/C21H20BrN5O3/c22-15-5-6-19(23-11-15)25-21(30)14-7-9-26(10-8-14)20(29)13-27-17-4-2-1-3-16(17)18(28)12-24-27/h1-6,11-12,14H,7-10,13H2,(H,23,25,30). The van der Waals surface area contributed by atoms with Gasteiger partial charge in [0.15, 0.2) is 0 Å². The molecule has 3 aromatic rings. The van der Waals surface area contributed by atoms with Gasteiger partial charge in [-0.1, -0.05) is 12.1 Å². The van der Waals surface area contributed by atoms with Gasteiger partial charge in [-0.2, -0.15) is 5.10 Å². The summed E-state index contributed by atoms with van der Waals surface area (Å²) in [6.45, 7) is 1.06. The summed E-state index contributed by atoms with van der Waals surface area (Å²) in [6.07, 6.45) is 4.05. The van der Waals surface area contributed by atoms with Gasteiger partial charge in [0.2, 0.25) is 17.2 Å². The van der Waals surface area contributed by atoms with Crippen LogP contribution in [-0.2, 0) is 16.1 Å². The summed E-state index contributed by atoms with van der Waals surface area (Å²) < 4.78 is 2.40. The molecule has 0 saturated carbocycles. The molecule has 1 aliphatic rings. The van der Waals surface area contributed by atoms with Crippen LogP contribution in [0.4, 0.5) is 5.82 Å². The van der Waals surface area contributed by atoms with Crippen LogP contribution in [0.15, 0.2) is 58.1 Å². The number of hydrogen-bond donors (Lipinski definition) is 1. The Morgan fingerprint density at radius 3 is 2.60 bits per heavy atom. The Morgan fingerprint density at radius 2 is 1.87 bits per heavy atom. The van der Waals surface area contributed by atoms with E-state index >= 15 is 0 Å². The number of halogens is 1. The molecule has 1 saturated heterocycles. The number of carbonyl (C=O) groups is 2. The van der Waals surface area contributed by atoms with Gasteiger partial charge < -0.3 is 10.2 Å². The number of hydrogen-bond acceptors (Lipinski definition) is 5. The number of carbonyl (C=O) groups excluding carboxylic acids is 2. The van der Waals surface area contributed by atoms with Crippen LogP contribution in [0.5, 0.6) is 0 Å². The highest BCUT2D eigenvalue weighted by atomic mass is 79.9. The Bertz CT molecular complexity index is 1140. The Labute approximate surface area is 181 Å². The lowest BCUT2D eigenvalue weighted by molar-refractivity contribution is -0.135. The van der Waals surface area contributed by atoms with Crippen LogP contribution in [0, 0.1) is 5.92 Å². The molecular weight excluding hydrogens is 450 g/mol. The number of likely N-dealkylation sites (tertiary alicyclic amines) is 1. The zero-order chi connectivity index (χ0) is 21.1. The van der Waals surface area contributed by atoms with E-state index in [0.717, 1.165) is 4.47 Å². The molecule has 4 rings (SSSR count). The van der Waals surface area contributed by atoms with Crippen molar-refractivity contribution in [2.24, 2.45) is 5.92 Å². The average Bonchev–Trinajstić information content (AvgIpc) is 2.77. The number of pyridine rings is 1. The molecule has 0 atom stereocenters. The molecule has 1 N–H and O–H groups in total. The summed E-state index contributed by atoms with van der Waals surface area (Å²) >= 11 is 3.31. The summed E-state index contributed by atoms with van der Waals surface area (Å²) in [5.41, 5.74) is 0.469. The Morgan fingerprint density at radius 1 is 1.10 bits per heavy atom. The van der Waals surface area contributed by atoms with E-state index in [1.165, 1.54) is 6.20 Å². The number of fused-ring (bicyclic) bond motifs is 1. The van der Waals surface area contributed by atoms with E-state index in [1.54, 1.807) is 40.0 Å². The molecule has 0 spiro atoms. The molecule has 1 fully saturated rings. The third-order valence-electron chi connectivity index (χ3n) is 5.24. The predicted molar refractivity (Wildman–Crippen MR) is 116 cm³/mol. The summed E-state index contributed by atoms with van der Waals surface area (Å²) in [4.78, 5) is 43.1. The van der Waals surface area contributed by atoms with E-state index < -0.39 is 0 Å². The van der Waals surface area contributed by atoms with E-state index in [4.69, 9.17) is 0 Å². The van der Waals surface area contributed by atoms with Crippen molar-refractivity contribution in [2.45, 2.75) is 19.4 Å². The Balaban J connectivity index is 1.36. The predicted octanol–water partition coefficient (Wildman–Crippen LogP) is 2.43. The number of rotatable bonds is 4. The van der Waals surface area contributed by atoms with Crippen molar-refractivity contribution in [2.75, 3.05) is 18.4 Å². The van der Waals surface area contributed by atoms with E-state index in [0.29, 0.717) is 42.7 Å². The average molecular weight is 470 g/mol. The highest BCUT2D eigenvalue weighted by Crippen LogP contribution is 2.20. The zero-order valence-electron chi connectivity index (χ0n) is 16.1. The highest BCUT2D eigenvalue weighted by Gasteiger charge is 2.27. The van der Waals surface area contributed by atoms with Crippen LogP contribution in [-0.4, -0.2) is 44.6 Å². The monoisotopic (exact) mass is 469 g/mol. The number of anilines is 1. The molecule has 1 aliphatic heterocycles. The molecule has 9 heteroatoms. The first kappa shape index (κ1) is 20.2. The molecule has 30 heavy (non-hydrogen) atoms. The molecule has 0 radical (unpaired) electrons. The number of benzene rings is 1. The second-order valence-electron chi connectivity index (χ2n) is 7.19. The van der Waals surface area contributed by atoms with Gasteiger partial charge >= 0.3 is 0 Å². The molecule has 154 valence electrons. The maximum atomic E-state index is 12.8. The number of nitrogens with zero attached hydrogens (tertiary/aromatic N) is 4. The first-order chi connectivity index (χ1) is 14.5. The number of piperidine rings is 1. The molecular formula is C21H20BrN5O3. The number of amides is 2. The van der Waals surface area contributed by atoms with Crippen molar-refractivity contribution in [3.8, 4) is 0 Å². The third kappa shape index (κ3) is 4.40. The normalized spacial score (nSPS) is 14.6. The molecule has 8 nitrogen and oxygen atoms in total. The topological polar surface area (TPSA) is 97.2 Å². The molecule has 0 bridgehead atoms. The van der Waals surface area contributed by atoms with Gasteiger partial charge in [0.25, 0.3) is 0 Å². The fourth-order valence-electron chi connectivity index (χ4n) is 3.58. The smallest absolute Gasteiger partial charge is 0.244 e. The van der Waals surface area contributed by atoms with Crippen molar-refractivity contribution in [1.29, 1.82) is 0 Å². The van der Waals surface area contributed by atoms with Crippen molar-refractivity contribution >= 4 is 44.5 Å². The van der Waals surface area contributed by atoms with Crippen LogP contribution in [0.2, 0.25) is 0 Å². The number of para-hydroxylation sites is 1. The minimum absolute atomic E-state index is 0.0560. The van der Waals surface area contributed by atoms with E-state index in [9.17, 15) is 14.4 Å². The molecule has 2 aromatic heterocycles. The lowest BCUT2D eigenvalue weighted by atomic mass is 9.96. The maximum Gasteiger partial charge on any atom is 0.244 e. The fraction of sp³-hybridized carbons (Fsp3) is 0.286. The molecule has 2 amide bonds. The minimum Gasteiger partial charge on any atom is -0.341 e. The summed E-state index contributed by atoms with van der Waals surface area (Å²) in [7, 11) is 0. The summed E-state index contributed by atoms with van der Waals surface area (Å²) in [5, 5.41) is 7.49. The van der Waals surface area contributed by atoms with Gasteiger partial charge in [-0.15, -0.1) is 0 Å². The van der Waals surface area contributed by atoms with Gasteiger partial charge in [0.05, 0.1) is 11.7 Å². The van der Waals surface area contributed by atoms with Crippen LogP contribution in [0.3, 0.4) is 0 Å². The maximum absolute atomic E-state index is 12.8.